The number of carbonyl (C=O) groups excluding carboxylic acids is 1. The van der Waals surface area contributed by atoms with E-state index in [-0.39, 0.29) is 23.3 Å². The quantitative estimate of drug-likeness (QED) is 0.921. The van der Waals surface area contributed by atoms with Gasteiger partial charge in [-0.1, -0.05) is 35.3 Å². The lowest BCUT2D eigenvalue weighted by Gasteiger charge is -2.48. The summed E-state index contributed by atoms with van der Waals surface area (Å²) in [6.45, 7) is 0.546. The summed E-state index contributed by atoms with van der Waals surface area (Å²) in [5, 5.41) is 1.14. The molecule has 3 rings (SSSR count). The van der Waals surface area contributed by atoms with Crippen molar-refractivity contribution in [1.82, 2.24) is 4.90 Å². The third kappa shape index (κ3) is 2.45. The summed E-state index contributed by atoms with van der Waals surface area (Å²) in [5.74, 6) is 0.414. The van der Waals surface area contributed by atoms with Crippen LogP contribution in [-0.2, 0) is 4.79 Å². The van der Waals surface area contributed by atoms with Gasteiger partial charge in [0.05, 0.1) is 15.6 Å². The molecule has 21 heavy (non-hydrogen) atoms. The predicted molar refractivity (Wildman–Crippen MR) is 85.7 cm³/mol. The highest BCUT2D eigenvalue weighted by molar-refractivity contribution is 6.42. The molecule has 0 aromatic heterocycles. The van der Waals surface area contributed by atoms with Gasteiger partial charge in [-0.3, -0.25) is 4.79 Å². The van der Waals surface area contributed by atoms with E-state index in [1.165, 1.54) is 0 Å². The van der Waals surface area contributed by atoms with Crippen molar-refractivity contribution in [2.75, 3.05) is 13.6 Å². The molecule has 2 N–H and O–H groups in total. The van der Waals surface area contributed by atoms with Gasteiger partial charge < -0.3 is 10.6 Å². The second kappa shape index (κ2) is 5.45. The summed E-state index contributed by atoms with van der Waals surface area (Å²) in [5.41, 5.74) is 6.77. The van der Waals surface area contributed by atoms with Crippen LogP contribution < -0.4 is 5.73 Å². The van der Waals surface area contributed by atoms with E-state index >= 15 is 0 Å². The van der Waals surface area contributed by atoms with Crippen LogP contribution in [0.5, 0.6) is 0 Å². The van der Waals surface area contributed by atoms with Crippen molar-refractivity contribution in [1.29, 1.82) is 0 Å². The molecule has 0 bridgehead atoms. The predicted octanol–water partition coefficient (Wildman–Crippen LogP) is 3.44. The summed E-state index contributed by atoms with van der Waals surface area (Å²) in [7, 11) is 1.89. The van der Waals surface area contributed by atoms with Crippen LogP contribution in [0.25, 0.3) is 0 Å². The number of carbonyl (C=O) groups is 1. The monoisotopic (exact) mass is 326 g/mol. The Morgan fingerprint density at radius 3 is 2.71 bits per heavy atom. The van der Waals surface area contributed by atoms with Gasteiger partial charge in [0.25, 0.3) is 0 Å². The zero-order chi connectivity index (χ0) is 15.2. The Bertz CT molecular complexity index is 566. The summed E-state index contributed by atoms with van der Waals surface area (Å²) in [6.07, 6.45) is 4.04. The Hall–Kier alpha value is -0.770. The number of amides is 1. The SMILES string of the molecule is CN(C(=O)[C@@H]1C[C@H]1c1cccc(Cl)c1Cl)C1(CN)CCC1. The number of nitrogens with zero attached hydrogens (tertiary/aromatic N) is 1. The molecule has 2 saturated carbocycles. The second-order valence-electron chi connectivity index (χ2n) is 6.27. The lowest BCUT2D eigenvalue weighted by molar-refractivity contribution is -0.140. The molecule has 0 unspecified atom stereocenters. The molecule has 5 heteroatoms. The third-order valence-corrected chi connectivity index (χ3v) is 6.03. The van der Waals surface area contributed by atoms with Crippen molar-refractivity contribution in [3.05, 3.63) is 33.8 Å². The lowest BCUT2D eigenvalue weighted by Crippen LogP contribution is -2.59. The normalized spacial score (nSPS) is 26.1. The largest absolute Gasteiger partial charge is 0.339 e. The number of likely N-dealkylation sites (N-methyl/N-ethyl adjacent to an activating group) is 1. The minimum Gasteiger partial charge on any atom is -0.339 e. The Morgan fingerprint density at radius 2 is 2.14 bits per heavy atom. The fourth-order valence-corrected chi connectivity index (χ4v) is 3.81. The van der Waals surface area contributed by atoms with Crippen LogP contribution in [-0.4, -0.2) is 29.9 Å². The number of halogens is 2. The smallest absolute Gasteiger partial charge is 0.226 e. The van der Waals surface area contributed by atoms with Crippen LogP contribution in [0.1, 0.15) is 37.2 Å². The van der Waals surface area contributed by atoms with Crippen molar-refractivity contribution in [3.63, 3.8) is 0 Å². The third-order valence-electron chi connectivity index (χ3n) is 5.19. The Labute approximate surface area is 135 Å². The molecule has 2 fully saturated rings. The van der Waals surface area contributed by atoms with Gasteiger partial charge in [-0.25, -0.2) is 0 Å². The molecule has 1 amide bonds. The Morgan fingerprint density at radius 1 is 1.43 bits per heavy atom. The van der Waals surface area contributed by atoms with Crippen molar-refractivity contribution >= 4 is 29.1 Å². The van der Waals surface area contributed by atoms with E-state index in [4.69, 9.17) is 28.9 Å². The Balaban J connectivity index is 1.73. The molecule has 2 aliphatic rings. The van der Waals surface area contributed by atoms with E-state index in [0.717, 1.165) is 31.2 Å². The van der Waals surface area contributed by atoms with Crippen LogP contribution >= 0.6 is 23.2 Å². The molecule has 1 aromatic rings. The van der Waals surface area contributed by atoms with Gasteiger partial charge in [0.15, 0.2) is 0 Å². The van der Waals surface area contributed by atoms with E-state index in [2.05, 4.69) is 0 Å². The van der Waals surface area contributed by atoms with E-state index < -0.39 is 0 Å². The number of rotatable bonds is 4. The van der Waals surface area contributed by atoms with Crippen LogP contribution in [0.3, 0.4) is 0 Å². The zero-order valence-corrected chi connectivity index (χ0v) is 13.6. The van der Waals surface area contributed by atoms with Crippen LogP contribution in [0.15, 0.2) is 18.2 Å². The van der Waals surface area contributed by atoms with E-state index in [0.29, 0.717) is 16.6 Å². The molecule has 1 aromatic carbocycles. The minimum absolute atomic E-state index is 0.0231. The molecule has 0 aliphatic heterocycles. The van der Waals surface area contributed by atoms with E-state index in [1.807, 2.05) is 24.1 Å². The number of benzene rings is 1. The first-order valence-corrected chi connectivity index (χ1v) is 8.17. The maximum absolute atomic E-state index is 12.7. The van der Waals surface area contributed by atoms with Gasteiger partial charge in [-0.2, -0.15) is 0 Å². The minimum atomic E-state index is -0.109. The van der Waals surface area contributed by atoms with Gasteiger partial charge >= 0.3 is 0 Å². The summed E-state index contributed by atoms with van der Waals surface area (Å²) >= 11 is 12.3. The molecular weight excluding hydrogens is 307 g/mol. The van der Waals surface area contributed by atoms with E-state index in [9.17, 15) is 4.79 Å². The molecule has 0 saturated heterocycles. The number of nitrogens with two attached hydrogens (primary N) is 1. The average Bonchev–Trinajstić information content (AvgIpc) is 3.20. The summed E-state index contributed by atoms with van der Waals surface area (Å²) in [6, 6.07) is 5.63. The highest BCUT2D eigenvalue weighted by Gasteiger charge is 2.50. The van der Waals surface area contributed by atoms with Gasteiger partial charge in [0, 0.05) is 19.5 Å². The molecule has 0 radical (unpaired) electrons. The summed E-state index contributed by atoms with van der Waals surface area (Å²) in [4.78, 5) is 14.6. The number of hydrogen-bond donors (Lipinski definition) is 1. The topological polar surface area (TPSA) is 46.3 Å². The summed E-state index contributed by atoms with van der Waals surface area (Å²) < 4.78 is 0. The highest BCUT2D eigenvalue weighted by Crippen LogP contribution is 2.52. The standard InChI is InChI=1S/C16H20Cl2N2O/c1-20(16(9-19)6-3-7-16)15(21)12-8-11(12)10-4-2-5-13(17)14(10)18/h2,4-5,11-12H,3,6-9,19H2,1H3/t11-,12+/m0/s1. The molecular formula is C16H20Cl2N2O. The van der Waals surface area contributed by atoms with Crippen molar-refractivity contribution in [2.24, 2.45) is 11.7 Å². The van der Waals surface area contributed by atoms with Crippen LogP contribution in [0, 0.1) is 5.92 Å². The fraction of sp³-hybridized carbons (Fsp3) is 0.562. The fourth-order valence-electron chi connectivity index (χ4n) is 3.36. The van der Waals surface area contributed by atoms with Crippen LogP contribution in [0.2, 0.25) is 10.0 Å². The molecule has 3 nitrogen and oxygen atoms in total. The van der Waals surface area contributed by atoms with Gasteiger partial charge in [-0.05, 0) is 43.2 Å². The molecule has 2 aliphatic carbocycles. The first kappa shape index (κ1) is 15.1. The van der Waals surface area contributed by atoms with Crippen LogP contribution in [0.4, 0.5) is 0 Å². The van der Waals surface area contributed by atoms with Crippen molar-refractivity contribution < 1.29 is 4.79 Å². The Kier molecular flexibility index (Phi) is 3.93. The van der Waals surface area contributed by atoms with E-state index in [1.54, 1.807) is 6.07 Å². The van der Waals surface area contributed by atoms with Gasteiger partial charge in [-0.15, -0.1) is 0 Å². The zero-order valence-electron chi connectivity index (χ0n) is 12.1. The highest BCUT2D eigenvalue weighted by atomic mass is 35.5. The molecule has 114 valence electrons. The molecule has 2 atom stereocenters. The maximum atomic E-state index is 12.7. The second-order valence-corrected chi connectivity index (χ2v) is 7.06. The maximum Gasteiger partial charge on any atom is 0.226 e. The molecule has 0 spiro atoms. The van der Waals surface area contributed by atoms with Gasteiger partial charge in [0.2, 0.25) is 5.91 Å². The van der Waals surface area contributed by atoms with Gasteiger partial charge in [0.1, 0.15) is 0 Å². The first-order chi connectivity index (χ1) is 10.00. The molecule has 0 heterocycles. The average molecular weight is 327 g/mol. The number of hydrogen-bond acceptors (Lipinski definition) is 2. The van der Waals surface area contributed by atoms with Crippen molar-refractivity contribution in [3.8, 4) is 0 Å². The van der Waals surface area contributed by atoms with Crippen molar-refractivity contribution in [2.45, 2.75) is 37.1 Å². The first-order valence-electron chi connectivity index (χ1n) is 7.42. The lowest BCUT2D eigenvalue weighted by atomic mass is 9.75.